The van der Waals surface area contributed by atoms with Gasteiger partial charge in [-0.2, -0.15) is 18.2 Å². The van der Waals surface area contributed by atoms with Crippen LogP contribution in [0.3, 0.4) is 0 Å². The molecule has 2 aromatic carbocycles. The fourth-order valence-corrected chi connectivity index (χ4v) is 3.18. The van der Waals surface area contributed by atoms with Crippen molar-refractivity contribution in [2.45, 2.75) is 39.5 Å². The largest absolute Gasteiger partial charge is 0.459 e. The van der Waals surface area contributed by atoms with Gasteiger partial charge in [0.15, 0.2) is 5.82 Å². The van der Waals surface area contributed by atoms with E-state index in [9.17, 15) is 13.2 Å². The van der Waals surface area contributed by atoms with Gasteiger partial charge in [0.1, 0.15) is 12.2 Å². The maximum Gasteiger partial charge on any atom is 0.421 e. The van der Waals surface area contributed by atoms with Gasteiger partial charge in [0.05, 0.1) is 0 Å². The first kappa shape index (κ1) is 21.6. The predicted octanol–water partition coefficient (Wildman–Crippen LogP) is 6.18. The van der Waals surface area contributed by atoms with Crippen molar-refractivity contribution in [3.8, 4) is 6.01 Å². The summed E-state index contributed by atoms with van der Waals surface area (Å²) in [5.41, 5.74) is 1.71. The molecule has 1 aromatic heterocycles. The van der Waals surface area contributed by atoms with E-state index in [0.717, 1.165) is 30.2 Å². The molecule has 30 heavy (non-hydrogen) atoms. The molecule has 0 aliphatic rings. The standard InChI is InChI=1S/C23H24F3N3O/c1-3-9-17-12-8-13-19(14-17)29(4-2)21-20(23(24,25)26)15-27-22(28-21)30-16-18-10-6-5-7-11-18/h5-8,10-15H,3-4,9,16H2,1-2H3. The number of aryl methyl sites for hydroxylation is 1. The first-order valence-corrected chi connectivity index (χ1v) is 9.89. The Kier molecular flexibility index (Phi) is 6.92. The van der Waals surface area contributed by atoms with Gasteiger partial charge in [-0.1, -0.05) is 55.8 Å². The zero-order valence-electron chi connectivity index (χ0n) is 17.0. The summed E-state index contributed by atoms with van der Waals surface area (Å²) in [6, 6.07) is 16.7. The van der Waals surface area contributed by atoms with E-state index in [2.05, 4.69) is 16.9 Å². The van der Waals surface area contributed by atoms with Crippen molar-refractivity contribution in [1.82, 2.24) is 9.97 Å². The van der Waals surface area contributed by atoms with Crippen molar-refractivity contribution in [1.29, 1.82) is 0 Å². The second-order valence-corrected chi connectivity index (χ2v) is 6.83. The molecular formula is C23H24F3N3O. The van der Waals surface area contributed by atoms with Crippen LogP contribution in [-0.2, 0) is 19.2 Å². The average molecular weight is 415 g/mol. The minimum atomic E-state index is -4.58. The number of alkyl halides is 3. The summed E-state index contributed by atoms with van der Waals surface area (Å²) in [6.07, 6.45) is -1.98. The van der Waals surface area contributed by atoms with Gasteiger partial charge in [-0.15, -0.1) is 0 Å². The Morgan fingerprint density at radius 3 is 2.37 bits per heavy atom. The lowest BCUT2D eigenvalue weighted by atomic mass is 10.1. The maximum atomic E-state index is 13.7. The van der Waals surface area contributed by atoms with Gasteiger partial charge in [-0.05, 0) is 36.6 Å². The Morgan fingerprint density at radius 1 is 0.967 bits per heavy atom. The van der Waals surface area contributed by atoms with E-state index in [4.69, 9.17) is 4.74 Å². The summed E-state index contributed by atoms with van der Waals surface area (Å²) in [5.74, 6) is -0.211. The Labute approximate surface area is 174 Å². The fourth-order valence-electron chi connectivity index (χ4n) is 3.18. The van der Waals surface area contributed by atoms with Crippen molar-refractivity contribution in [2.24, 2.45) is 0 Å². The van der Waals surface area contributed by atoms with Crippen LogP contribution in [0.5, 0.6) is 6.01 Å². The lowest BCUT2D eigenvalue weighted by Crippen LogP contribution is -2.23. The van der Waals surface area contributed by atoms with E-state index in [-0.39, 0.29) is 18.4 Å². The van der Waals surface area contributed by atoms with Gasteiger partial charge >= 0.3 is 12.2 Å². The highest BCUT2D eigenvalue weighted by Gasteiger charge is 2.37. The maximum absolute atomic E-state index is 13.7. The molecule has 0 unspecified atom stereocenters. The molecule has 0 aliphatic carbocycles. The Bertz CT molecular complexity index is 961. The molecule has 0 bridgehead atoms. The molecule has 3 rings (SSSR count). The topological polar surface area (TPSA) is 38.2 Å². The molecule has 0 spiro atoms. The number of anilines is 2. The molecule has 0 aliphatic heterocycles. The van der Waals surface area contributed by atoms with Crippen molar-refractivity contribution in [3.63, 3.8) is 0 Å². The van der Waals surface area contributed by atoms with E-state index in [0.29, 0.717) is 12.2 Å². The third kappa shape index (κ3) is 5.28. The number of ether oxygens (including phenoxy) is 1. The molecule has 0 amide bonds. The Balaban J connectivity index is 1.97. The SMILES string of the molecule is CCCc1cccc(N(CC)c2nc(OCc3ccccc3)ncc2C(F)(F)F)c1. The quantitative estimate of drug-likeness (QED) is 0.440. The van der Waals surface area contributed by atoms with Crippen LogP contribution in [0.25, 0.3) is 0 Å². The second kappa shape index (κ2) is 9.61. The van der Waals surface area contributed by atoms with E-state index in [1.165, 1.54) is 0 Å². The highest BCUT2D eigenvalue weighted by atomic mass is 19.4. The van der Waals surface area contributed by atoms with Crippen molar-refractivity contribution < 1.29 is 17.9 Å². The smallest absolute Gasteiger partial charge is 0.421 e. The summed E-state index contributed by atoms with van der Waals surface area (Å²) in [4.78, 5) is 9.49. The number of rotatable bonds is 8. The minimum Gasteiger partial charge on any atom is -0.459 e. The van der Waals surface area contributed by atoms with Crippen LogP contribution in [-0.4, -0.2) is 16.5 Å². The summed E-state index contributed by atoms with van der Waals surface area (Å²) in [5, 5.41) is 0. The van der Waals surface area contributed by atoms with Crippen LogP contribution < -0.4 is 9.64 Å². The van der Waals surface area contributed by atoms with Gasteiger partial charge in [-0.25, -0.2) is 4.98 Å². The predicted molar refractivity (Wildman–Crippen MR) is 111 cm³/mol. The third-order valence-electron chi connectivity index (χ3n) is 4.60. The highest BCUT2D eigenvalue weighted by Crippen LogP contribution is 2.38. The zero-order valence-corrected chi connectivity index (χ0v) is 17.0. The lowest BCUT2D eigenvalue weighted by Gasteiger charge is -2.26. The molecule has 4 nitrogen and oxygen atoms in total. The van der Waals surface area contributed by atoms with Crippen LogP contribution >= 0.6 is 0 Å². The van der Waals surface area contributed by atoms with Crippen LogP contribution in [0.2, 0.25) is 0 Å². The summed E-state index contributed by atoms with van der Waals surface area (Å²) >= 11 is 0. The molecule has 0 saturated heterocycles. The number of nitrogens with zero attached hydrogens (tertiary/aromatic N) is 3. The summed E-state index contributed by atoms with van der Waals surface area (Å²) in [6.45, 7) is 4.34. The van der Waals surface area contributed by atoms with Crippen LogP contribution in [0.4, 0.5) is 24.7 Å². The van der Waals surface area contributed by atoms with E-state index in [1.54, 1.807) is 17.9 Å². The number of benzene rings is 2. The van der Waals surface area contributed by atoms with Gasteiger partial charge in [0.2, 0.25) is 0 Å². The Morgan fingerprint density at radius 2 is 1.70 bits per heavy atom. The van der Waals surface area contributed by atoms with Crippen LogP contribution in [0.15, 0.2) is 60.8 Å². The first-order chi connectivity index (χ1) is 14.4. The minimum absolute atomic E-state index is 0.0926. The number of hydrogen-bond acceptors (Lipinski definition) is 4. The monoisotopic (exact) mass is 415 g/mol. The highest BCUT2D eigenvalue weighted by molar-refractivity contribution is 5.64. The van der Waals surface area contributed by atoms with Gasteiger partial charge < -0.3 is 9.64 Å². The number of aromatic nitrogens is 2. The molecule has 3 aromatic rings. The fraction of sp³-hybridized carbons (Fsp3) is 0.304. The molecule has 0 radical (unpaired) electrons. The van der Waals surface area contributed by atoms with Crippen molar-refractivity contribution >= 4 is 11.5 Å². The van der Waals surface area contributed by atoms with Gasteiger partial charge in [-0.3, -0.25) is 0 Å². The van der Waals surface area contributed by atoms with E-state index in [1.807, 2.05) is 48.5 Å². The lowest BCUT2D eigenvalue weighted by molar-refractivity contribution is -0.137. The average Bonchev–Trinajstić information content (AvgIpc) is 2.73. The number of hydrogen-bond donors (Lipinski definition) is 0. The van der Waals surface area contributed by atoms with Gasteiger partial charge in [0, 0.05) is 18.4 Å². The zero-order chi connectivity index (χ0) is 21.6. The molecule has 0 fully saturated rings. The second-order valence-electron chi connectivity index (χ2n) is 6.83. The summed E-state index contributed by atoms with van der Waals surface area (Å²) < 4.78 is 46.7. The van der Waals surface area contributed by atoms with Crippen LogP contribution in [0, 0.1) is 0 Å². The molecule has 0 atom stereocenters. The van der Waals surface area contributed by atoms with Gasteiger partial charge in [0.25, 0.3) is 0 Å². The number of halogens is 3. The van der Waals surface area contributed by atoms with E-state index < -0.39 is 11.7 Å². The first-order valence-electron chi connectivity index (χ1n) is 9.89. The van der Waals surface area contributed by atoms with Crippen molar-refractivity contribution in [2.75, 3.05) is 11.4 Å². The molecule has 158 valence electrons. The normalized spacial score (nSPS) is 11.4. The molecular weight excluding hydrogens is 391 g/mol. The van der Waals surface area contributed by atoms with Crippen molar-refractivity contribution in [3.05, 3.63) is 77.5 Å². The molecule has 7 heteroatoms. The molecule has 1 heterocycles. The van der Waals surface area contributed by atoms with Crippen LogP contribution in [0.1, 0.15) is 37.0 Å². The third-order valence-corrected chi connectivity index (χ3v) is 4.60. The molecule has 0 N–H and O–H groups in total. The Hall–Kier alpha value is -3.09. The summed E-state index contributed by atoms with van der Waals surface area (Å²) in [7, 11) is 0. The molecule has 0 saturated carbocycles. The van der Waals surface area contributed by atoms with E-state index >= 15 is 0 Å².